The van der Waals surface area contributed by atoms with E-state index in [2.05, 4.69) is 20.8 Å². The molecule has 32 heavy (non-hydrogen) atoms. The van der Waals surface area contributed by atoms with Crippen molar-refractivity contribution < 1.29 is 9.53 Å². The number of thioether (sulfide) groups is 1. The number of fused-ring (bicyclic) bond motifs is 1. The third kappa shape index (κ3) is 4.90. The number of aromatic nitrogens is 2. The lowest BCUT2D eigenvalue weighted by molar-refractivity contribution is -0.152. The molecule has 3 atom stereocenters. The number of benzene rings is 2. The first kappa shape index (κ1) is 22.6. The van der Waals surface area contributed by atoms with Gasteiger partial charge in [0.1, 0.15) is 6.10 Å². The van der Waals surface area contributed by atoms with Crippen LogP contribution in [0.4, 0.5) is 0 Å². The van der Waals surface area contributed by atoms with Crippen molar-refractivity contribution in [1.82, 2.24) is 9.55 Å². The number of hydrogen-bond acceptors (Lipinski definition) is 5. The lowest BCUT2D eigenvalue weighted by Crippen LogP contribution is -2.36. The Kier molecular flexibility index (Phi) is 6.99. The molecule has 3 aromatic rings. The zero-order chi connectivity index (χ0) is 22.7. The Bertz CT molecular complexity index is 1140. The van der Waals surface area contributed by atoms with E-state index in [9.17, 15) is 9.59 Å². The summed E-state index contributed by atoms with van der Waals surface area (Å²) in [7, 11) is 0. The van der Waals surface area contributed by atoms with Gasteiger partial charge >= 0.3 is 5.97 Å². The van der Waals surface area contributed by atoms with E-state index < -0.39 is 0 Å². The molecule has 1 saturated carbocycles. The molecule has 0 N–H and O–H groups in total. The number of nitrogens with zero attached hydrogens (tertiary/aromatic N) is 2. The number of carbonyl (C=O) groups is 1. The highest BCUT2D eigenvalue weighted by molar-refractivity contribution is 7.99. The average molecular weight is 451 g/mol. The third-order valence-electron chi connectivity index (χ3n) is 6.32. The molecule has 1 aliphatic rings. The zero-order valence-corrected chi connectivity index (χ0v) is 19.7. The Morgan fingerprint density at radius 1 is 1.12 bits per heavy atom. The Balaban J connectivity index is 1.57. The van der Waals surface area contributed by atoms with Gasteiger partial charge in [0, 0.05) is 0 Å². The van der Waals surface area contributed by atoms with Crippen LogP contribution in [-0.4, -0.2) is 27.4 Å². The van der Waals surface area contributed by atoms with Crippen molar-refractivity contribution in [3.63, 3.8) is 0 Å². The largest absolute Gasteiger partial charge is 0.461 e. The van der Waals surface area contributed by atoms with E-state index in [-0.39, 0.29) is 23.4 Å². The summed E-state index contributed by atoms with van der Waals surface area (Å²) in [5.41, 5.74) is 1.22. The van der Waals surface area contributed by atoms with E-state index in [1.165, 1.54) is 18.2 Å². The van der Waals surface area contributed by atoms with Crippen LogP contribution in [0.3, 0.4) is 0 Å². The van der Waals surface area contributed by atoms with Gasteiger partial charge in [0.2, 0.25) is 0 Å². The van der Waals surface area contributed by atoms with Crippen molar-refractivity contribution in [2.45, 2.75) is 51.3 Å². The van der Waals surface area contributed by atoms with Crippen molar-refractivity contribution >= 4 is 28.6 Å². The second-order valence-electron chi connectivity index (χ2n) is 9.03. The van der Waals surface area contributed by atoms with E-state index in [1.54, 1.807) is 10.6 Å². The summed E-state index contributed by atoms with van der Waals surface area (Å²) in [6.45, 7) is 6.63. The summed E-state index contributed by atoms with van der Waals surface area (Å²) in [5.74, 6) is 1.33. The molecule has 0 unspecified atom stereocenters. The monoisotopic (exact) mass is 450 g/mol. The van der Waals surface area contributed by atoms with Crippen LogP contribution in [0.2, 0.25) is 0 Å². The maximum atomic E-state index is 13.3. The lowest BCUT2D eigenvalue weighted by atomic mass is 9.75. The van der Waals surface area contributed by atoms with E-state index in [0.717, 1.165) is 18.5 Å². The van der Waals surface area contributed by atoms with Crippen LogP contribution >= 0.6 is 11.8 Å². The first-order chi connectivity index (χ1) is 15.4. The fourth-order valence-electron chi connectivity index (χ4n) is 4.59. The molecule has 4 rings (SSSR count). The fourth-order valence-corrected chi connectivity index (χ4v) is 5.39. The minimum atomic E-state index is -0.248. The van der Waals surface area contributed by atoms with Gasteiger partial charge in [0.15, 0.2) is 5.16 Å². The Hall–Kier alpha value is -2.60. The molecule has 0 amide bonds. The maximum Gasteiger partial charge on any atom is 0.316 e. The minimum absolute atomic E-state index is 0.0345. The van der Waals surface area contributed by atoms with Crippen molar-refractivity contribution in [2.24, 2.45) is 17.8 Å². The minimum Gasteiger partial charge on any atom is -0.461 e. The molecule has 6 heteroatoms. The second kappa shape index (κ2) is 9.90. The smallest absolute Gasteiger partial charge is 0.316 e. The number of esters is 1. The van der Waals surface area contributed by atoms with Gasteiger partial charge in [0.05, 0.1) is 22.3 Å². The fraction of sp³-hybridized carbons (Fsp3) is 0.423. The first-order valence-electron chi connectivity index (χ1n) is 11.3. The van der Waals surface area contributed by atoms with Crippen LogP contribution in [0.5, 0.6) is 0 Å². The van der Waals surface area contributed by atoms with Gasteiger partial charge in [-0.25, -0.2) is 4.98 Å². The van der Waals surface area contributed by atoms with E-state index in [1.807, 2.05) is 48.5 Å². The molecule has 1 aliphatic carbocycles. The van der Waals surface area contributed by atoms with Gasteiger partial charge in [-0.2, -0.15) is 0 Å². The van der Waals surface area contributed by atoms with E-state index >= 15 is 0 Å². The van der Waals surface area contributed by atoms with Crippen molar-refractivity contribution in [2.75, 3.05) is 5.75 Å². The van der Waals surface area contributed by atoms with Gasteiger partial charge in [-0.3, -0.25) is 14.2 Å². The van der Waals surface area contributed by atoms with Crippen LogP contribution in [0.1, 0.15) is 40.0 Å². The Morgan fingerprint density at radius 2 is 1.84 bits per heavy atom. The Labute approximate surface area is 193 Å². The topological polar surface area (TPSA) is 61.2 Å². The highest BCUT2D eigenvalue weighted by atomic mass is 32.2. The van der Waals surface area contributed by atoms with Gasteiger partial charge in [-0.05, 0) is 54.9 Å². The van der Waals surface area contributed by atoms with Gasteiger partial charge in [0.25, 0.3) is 5.56 Å². The number of para-hydroxylation sites is 2. The predicted octanol–water partition coefficient (Wildman–Crippen LogP) is 5.48. The van der Waals surface area contributed by atoms with Crippen LogP contribution in [-0.2, 0) is 9.53 Å². The highest BCUT2D eigenvalue weighted by Crippen LogP contribution is 2.35. The molecule has 1 fully saturated rings. The second-order valence-corrected chi connectivity index (χ2v) is 9.97. The van der Waals surface area contributed by atoms with Gasteiger partial charge in [-0.1, -0.05) is 69.3 Å². The SMILES string of the molecule is CC(C)[C@H]1CC[C@@H](C)C[C@@H]1OC(=O)CSc1nc2ccccc2c(=O)n1-c1ccccc1. The van der Waals surface area contributed by atoms with Crippen LogP contribution in [0, 0.1) is 17.8 Å². The van der Waals surface area contributed by atoms with Crippen LogP contribution < -0.4 is 5.56 Å². The van der Waals surface area contributed by atoms with Crippen LogP contribution in [0.15, 0.2) is 64.5 Å². The molecule has 0 bridgehead atoms. The number of rotatable bonds is 6. The zero-order valence-electron chi connectivity index (χ0n) is 18.9. The molecule has 0 radical (unpaired) electrons. The van der Waals surface area contributed by atoms with Crippen molar-refractivity contribution in [1.29, 1.82) is 0 Å². The molecule has 5 nitrogen and oxygen atoms in total. The quantitative estimate of drug-likeness (QED) is 0.283. The lowest BCUT2D eigenvalue weighted by Gasteiger charge is -2.36. The number of carbonyl (C=O) groups excluding carboxylic acids is 1. The predicted molar refractivity (Wildman–Crippen MR) is 129 cm³/mol. The van der Waals surface area contributed by atoms with Crippen molar-refractivity contribution in [3.05, 3.63) is 65.0 Å². The maximum absolute atomic E-state index is 13.3. The average Bonchev–Trinajstić information content (AvgIpc) is 2.78. The molecule has 0 spiro atoms. The highest BCUT2D eigenvalue weighted by Gasteiger charge is 2.33. The van der Waals surface area contributed by atoms with Gasteiger partial charge in [-0.15, -0.1) is 0 Å². The Morgan fingerprint density at radius 3 is 2.59 bits per heavy atom. The van der Waals surface area contributed by atoms with E-state index in [0.29, 0.717) is 33.8 Å². The summed E-state index contributed by atoms with van der Waals surface area (Å²) in [4.78, 5) is 30.8. The standard InChI is InChI=1S/C26H30N2O3S/c1-17(2)20-14-13-18(3)15-23(20)31-24(29)16-32-26-27-22-12-8-7-11-21(22)25(30)28(26)19-9-5-4-6-10-19/h4-12,17-18,20,23H,13-16H2,1-3H3/t18-,20-,23+/m1/s1. The summed E-state index contributed by atoms with van der Waals surface area (Å²) in [6.07, 6.45) is 3.18. The third-order valence-corrected chi connectivity index (χ3v) is 7.23. The number of ether oxygens (including phenoxy) is 1. The molecule has 1 heterocycles. The van der Waals surface area contributed by atoms with E-state index in [4.69, 9.17) is 9.72 Å². The number of hydrogen-bond donors (Lipinski definition) is 0. The molecule has 2 aromatic carbocycles. The molecule has 168 valence electrons. The normalized spacial score (nSPS) is 21.1. The molecular weight excluding hydrogens is 420 g/mol. The first-order valence-corrected chi connectivity index (χ1v) is 12.3. The summed E-state index contributed by atoms with van der Waals surface area (Å²) >= 11 is 1.26. The summed E-state index contributed by atoms with van der Waals surface area (Å²) < 4.78 is 7.53. The molecule has 0 aliphatic heterocycles. The van der Waals surface area contributed by atoms with Crippen LogP contribution in [0.25, 0.3) is 16.6 Å². The molecule has 0 saturated heterocycles. The van der Waals surface area contributed by atoms with Gasteiger partial charge < -0.3 is 4.74 Å². The summed E-state index contributed by atoms with van der Waals surface area (Å²) in [6, 6.07) is 16.7. The summed E-state index contributed by atoms with van der Waals surface area (Å²) in [5, 5.41) is 1.05. The molecule has 1 aromatic heterocycles. The van der Waals surface area contributed by atoms with Crippen molar-refractivity contribution in [3.8, 4) is 5.69 Å². The molecular formula is C26H30N2O3S.